The maximum absolute atomic E-state index is 9.06. The Bertz CT molecular complexity index is 210. The fraction of sp³-hybridized carbons (Fsp3) is 0.571. The van der Waals surface area contributed by atoms with Crippen LogP contribution in [0.1, 0.15) is 32.9 Å². The highest BCUT2D eigenvalue weighted by atomic mass is 16.3. The standard InChI is InChI=1S/C7H12N2O.H2/c1-3-7-8-4-6(9-7)5(2)10;/h4-5,10H,3H2,1-2H3,(H,8,9);1H. The van der Waals surface area contributed by atoms with Crippen molar-refractivity contribution in [2.45, 2.75) is 26.4 Å². The van der Waals surface area contributed by atoms with E-state index in [1.54, 1.807) is 13.1 Å². The summed E-state index contributed by atoms with van der Waals surface area (Å²) in [5, 5.41) is 9.06. The zero-order valence-corrected chi connectivity index (χ0v) is 6.26. The Hall–Kier alpha value is -0.830. The number of imidazole rings is 1. The summed E-state index contributed by atoms with van der Waals surface area (Å²) in [6, 6.07) is 0. The summed E-state index contributed by atoms with van der Waals surface area (Å²) in [5.74, 6) is 0.927. The first-order valence-corrected chi connectivity index (χ1v) is 3.46. The molecular formula is C7H14N2O. The molecule has 1 aromatic heterocycles. The maximum atomic E-state index is 9.06. The van der Waals surface area contributed by atoms with Gasteiger partial charge in [-0.2, -0.15) is 0 Å². The summed E-state index contributed by atoms with van der Waals surface area (Å²) in [5.41, 5.74) is 0.789. The number of aromatic amines is 1. The van der Waals surface area contributed by atoms with Crippen LogP contribution in [0, 0.1) is 0 Å². The van der Waals surface area contributed by atoms with Gasteiger partial charge in [-0.05, 0) is 6.92 Å². The van der Waals surface area contributed by atoms with Crippen LogP contribution in [0.4, 0.5) is 0 Å². The Morgan fingerprint density at radius 3 is 2.90 bits per heavy atom. The van der Waals surface area contributed by atoms with Crippen molar-refractivity contribution < 1.29 is 6.53 Å². The molecular weight excluding hydrogens is 128 g/mol. The molecule has 0 fully saturated rings. The van der Waals surface area contributed by atoms with Crippen molar-refractivity contribution in [1.29, 1.82) is 0 Å². The number of hydrogen-bond acceptors (Lipinski definition) is 2. The Labute approximate surface area is 61.6 Å². The quantitative estimate of drug-likeness (QED) is 0.653. The van der Waals surface area contributed by atoms with Gasteiger partial charge in [0.1, 0.15) is 5.82 Å². The molecule has 0 saturated carbocycles. The number of aromatic nitrogens is 2. The average molecular weight is 142 g/mol. The van der Waals surface area contributed by atoms with Crippen LogP contribution in [0.3, 0.4) is 0 Å². The largest absolute Gasteiger partial charge is 0.387 e. The highest BCUT2D eigenvalue weighted by molar-refractivity contribution is 5.03. The van der Waals surface area contributed by atoms with Crippen LogP contribution in [0.2, 0.25) is 0 Å². The second kappa shape index (κ2) is 2.84. The molecule has 0 saturated heterocycles. The van der Waals surface area contributed by atoms with Crippen molar-refractivity contribution in [2.24, 2.45) is 0 Å². The maximum Gasteiger partial charge on any atom is 0.106 e. The number of aryl methyl sites for hydroxylation is 1. The minimum Gasteiger partial charge on any atom is -0.387 e. The molecule has 3 heteroatoms. The van der Waals surface area contributed by atoms with Gasteiger partial charge in [0, 0.05) is 7.85 Å². The molecule has 2 N–H and O–H groups in total. The van der Waals surface area contributed by atoms with Crippen molar-refractivity contribution in [3.8, 4) is 0 Å². The summed E-state index contributed by atoms with van der Waals surface area (Å²) in [6.07, 6.45) is 2.11. The Morgan fingerprint density at radius 1 is 1.90 bits per heavy atom. The van der Waals surface area contributed by atoms with Crippen LogP contribution in [0.15, 0.2) is 6.20 Å². The Morgan fingerprint density at radius 2 is 2.60 bits per heavy atom. The molecule has 3 nitrogen and oxygen atoms in total. The Balaban J connectivity index is 0.000001000. The van der Waals surface area contributed by atoms with Gasteiger partial charge in [0.25, 0.3) is 0 Å². The lowest BCUT2D eigenvalue weighted by Crippen LogP contribution is -1.90. The first-order chi connectivity index (χ1) is 4.74. The average Bonchev–Trinajstić information content (AvgIpc) is 2.34. The normalized spacial score (nSPS) is 13.5. The van der Waals surface area contributed by atoms with Gasteiger partial charge in [-0.15, -0.1) is 0 Å². The van der Waals surface area contributed by atoms with Gasteiger partial charge in [-0.3, -0.25) is 0 Å². The number of aliphatic hydroxyl groups excluding tert-OH is 1. The van der Waals surface area contributed by atoms with Crippen molar-refractivity contribution in [3.63, 3.8) is 0 Å². The molecule has 1 heterocycles. The topological polar surface area (TPSA) is 48.9 Å². The van der Waals surface area contributed by atoms with Gasteiger partial charge >= 0.3 is 0 Å². The second-order valence-electron chi connectivity index (χ2n) is 2.31. The molecule has 1 atom stereocenters. The third kappa shape index (κ3) is 1.36. The molecule has 1 unspecified atom stereocenters. The van der Waals surface area contributed by atoms with Gasteiger partial charge in [0.05, 0.1) is 18.0 Å². The lowest BCUT2D eigenvalue weighted by Gasteiger charge is -1.96. The van der Waals surface area contributed by atoms with Gasteiger partial charge in [-0.1, -0.05) is 6.92 Å². The van der Waals surface area contributed by atoms with Gasteiger partial charge in [-0.25, -0.2) is 4.98 Å². The predicted molar refractivity (Wildman–Crippen MR) is 40.7 cm³/mol. The van der Waals surface area contributed by atoms with Crippen molar-refractivity contribution >= 4 is 0 Å². The summed E-state index contributed by atoms with van der Waals surface area (Å²) < 4.78 is 0. The van der Waals surface area contributed by atoms with Crippen LogP contribution >= 0.6 is 0 Å². The third-order valence-electron chi connectivity index (χ3n) is 1.43. The fourth-order valence-electron chi connectivity index (χ4n) is 0.771. The SMILES string of the molecule is CCc1ncc(C(C)O)[nH]1.[HH]. The molecule has 0 bridgehead atoms. The number of H-pyrrole nitrogens is 1. The molecule has 0 aliphatic carbocycles. The molecule has 58 valence electrons. The van der Waals surface area contributed by atoms with E-state index in [1.807, 2.05) is 6.92 Å². The molecule has 1 rings (SSSR count). The van der Waals surface area contributed by atoms with E-state index in [-0.39, 0.29) is 1.43 Å². The zero-order chi connectivity index (χ0) is 7.56. The van der Waals surface area contributed by atoms with Crippen LogP contribution in [-0.2, 0) is 6.42 Å². The van der Waals surface area contributed by atoms with E-state index in [2.05, 4.69) is 9.97 Å². The van der Waals surface area contributed by atoms with E-state index < -0.39 is 6.10 Å². The number of nitrogens with one attached hydrogen (secondary N) is 1. The third-order valence-corrected chi connectivity index (χ3v) is 1.43. The van der Waals surface area contributed by atoms with E-state index in [0.717, 1.165) is 17.9 Å². The highest BCUT2D eigenvalue weighted by Crippen LogP contribution is 2.07. The fourth-order valence-corrected chi connectivity index (χ4v) is 0.771. The summed E-state index contributed by atoms with van der Waals surface area (Å²) in [7, 11) is 0. The molecule has 0 spiro atoms. The van der Waals surface area contributed by atoms with Crippen molar-refractivity contribution in [3.05, 3.63) is 17.7 Å². The van der Waals surface area contributed by atoms with Crippen LogP contribution in [-0.4, -0.2) is 15.1 Å². The lowest BCUT2D eigenvalue weighted by molar-refractivity contribution is 0.195. The lowest BCUT2D eigenvalue weighted by atomic mass is 10.3. The predicted octanol–water partition coefficient (Wildman–Crippen LogP) is 1.27. The van der Waals surface area contributed by atoms with E-state index in [1.165, 1.54) is 0 Å². The summed E-state index contributed by atoms with van der Waals surface area (Å²) in [4.78, 5) is 7.04. The molecule has 0 aliphatic rings. The van der Waals surface area contributed by atoms with E-state index in [9.17, 15) is 0 Å². The molecule has 0 aromatic carbocycles. The summed E-state index contributed by atoms with van der Waals surface area (Å²) >= 11 is 0. The number of nitrogens with zero attached hydrogens (tertiary/aromatic N) is 1. The van der Waals surface area contributed by atoms with Crippen molar-refractivity contribution in [2.75, 3.05) is 0 Å². The molecule has 10 heavy (non-hydrogen) atoms. The molecule has 1 aromatic rings. The number of hydrogen-bond donors (Lipinski definition) is 2. The number of rotatable bonds is 2. The van der Waals surface area contributed by atoms with Crippen LogP contribution in [0.25, 0.3) is 0 Å². The van der Waals surface area contributed by atoms with Crippen molar-refractivity contribution in [1.82, 2.24) is 9.97 Å². The van der Waals surface area contributed by atoms with Crippen LogP contribution in [0.5, 0.6) is 0 Å². The number of aliphatic hydroxyl groups is 1. The first kappa shape index (κ1) is 7.28. The monoisotopic (exact) mass is 142 g/mol. The minimum atomic E-state index is -0.437. The van der Waals surface area contributed by atoms with E-state index in [4.69, 9.17) is 5.11 Å². The Kier molecular flexibility index (Phi) is 2.06. The van der Waals surface area contributed by atoms with Gasteiger partial charge < -0.3 is 10.1 Å². The van der Waals surface area contributed by atoms with E-state index in [0.29, 0.717) is 0 Å². The second-order valence-corrected chi connectivity index (χ2v) is 2.31. The smallest absolute Gasteiger partial charge is 0.106 e. The molecule has 0 amide bonds. The minimum absolute atomic E-state index is 0. The van der Waals surface area contributed by atoms with Gasteiger partial charge in [0.2, 0.25) is 0 Å². The molecule has 0 radical (unpaired) electrons. The highest BCUT2D eigenvalue weighted by Gasteiger charge is 2.02. The van der Waals surface area contributed by atoms with Crippen LogP contribution < -0.4 is 0 Å². The zero-order valence-electron chi connectivity index (χ0n) is 6.26. The molecule has 0 aliphatic heterocycles. The van der Waals surface area contributed by atoms with E-state index >= 15 is 0 Å². The summed E-state index contributed by atoms with van der Waals surface area (Å²) in [6.45, 7) is 3.73. The first-order valence-electron chi connectivity index (χ1n) is 3.46. The van der Waals surface area contributed by atoms with Gasteiger partial charge in [0.15, 0.2) is 0 Å².